The van der Waals surface area contributed by atoms with Gasteiger partial charge in [0, 0.05) is 28.5 Å². The van der Waals surface area contributed by atoms with Crippen molar-refractivity contribution in [3.05, 3.63) is 104 Å². The van der Waals surface area contributed by atoms with Gasteiger partial charge < -0.3 is 9.14 Å². The van der Waals surface area contributed by atoms with Crippen LogP contribution in [0.25, 0.3) is 44.5 Å². The van der Waals surface area contributed by atoms with Gasteiger partial charge >= 0.3 is 6.18 Å². The van der Waals surface area contributed by atoms with E-state index in [1.54, 1.807) is 48.7 Å². The molecule has 0 saturated heterocycles. The minimum atomic E-state index is -4.46. The van der Waals surface area contributed by atoms with E-state index in [4.69, 9.17) is 4.74 Å². The third-order valence-electron chi connectivity index (χ3n) is 6.34. The standard InChI is InChI=1S/C28H19F3N4O/c1-36-27-13-18(8-9-22(27)20-6-4-12-34-16-32-14-25(20)34)24-11-10-21(26-15-33-17-35(24)26)19-5-2-3-7-23(19)28(29,30)31/h2-17H,1H3. The normalized spacial score (nSPS) is 11.9. The maximum absolute atomic E-state index is 13.7. The van der Waals surface area contributed by atoms with Crippen LogP contribution in [0.15, 0.2) is 98.0 Å². The lowest BCUT2D eigenvalue weighted by Gasteiger charge is -2.16. The molecule has 0 radical (unpaired) electrons. The Morgan fingerprint density at radius 1 is 0.750 bits per heavy atom. The lowest BCUT2D eigenvalue weighted by atomic mass is 9.97. The fourth-order valence-corrected chi connectivity index (χ4v) is 4.69. The van der Waals surface area contributed by atoms with Gasteiger partial charge in [0.25, 0.3) is 0 Å². The molecule has 0 amide bonds. The second kappa shape index (κ2) is 8.27. The van der Waals surface area contributed by atoms with Gasteiger partial charge in [0.15, 0.2) is 0 Å². The van der Waals surface area contributed by atoms with Crippen molar-refractivity contribution in [1.29, 1.82) is 0 Å². The molecule has 0 saturated carbocycles. The Bertz CT molecular complexity index is 1730. The molecule has 4 heterocycles. The number of hydrogen-bond donors (Lipinski definition) is 0. The molecule has 0 fully saturated rings. The summed E-state index contributed by atoms with van der Waals surface area (Å²) in [4.78, 5) is 8.47. The first kappa shape index (κ1) is 21.9. The molecule has 178 valence electrons. The Balaban J connectivity index is 1.50. The smallest absolute Gasteiger partial charge is 0.417 e. The van der Waals surface area contributed by atoms with Crippen molar-refractivity contribution in [1.82, 2.24) is 18.8 Å². The Morgan fingerprint density at radius 3 is 2.31 bits per heavy atom. The van der Waals surface area contributed by atoms with Gasteiger partial charge in [0.2, 0.25) is 0 Å². The van der Waals surface area contributed by atoms with Crippen LogP contribution in [0.3, 0.4) is 0 Å². The fourth-order valence-electron chi connectivity index (χ4n) is 4.69. The van der Waals surface area contributed by atoms with Crippen LogP contribution in [0, 0.1) is 0 Å². The first-order chi connectivity index (χ1) is 17.5. The number of aromatic nitrogens is 4. The van der Waals surface area contributed by atoms with Gasteiger partial charge in [0.1, 0.15) is 5.75 Å². The van der Waals surface area contributed by atoms with Crippen molar-refractivity contribution >= 4 is 11.0 Å². The summed E-state index contributed by atoms with van der Waals surface area (Å²) < 4.78 is 50.6. The summed E-state index contributed by atoms with van der Waals surface area (Å²) in [5, 5.41) is 0. The number of hydrogen-bond acceptors (Lipinski definition) is 3. The third-order valence-corrected chi connectivity index (χ3v) is 6.34. The molecule has 4 aromatic heterocycles. The van der Waals surface area contributed by atoms with Crippen LogP contribution >= 0.6 is 0 Å². The van der Waals surface area contributed by atoms with Crippen LogP contribution < -0.4 is 4.74 Å². The zero-order valence-corrected chi connectivity index (χ0v) is 19.1. The lowest BCUT2D eigenvalue weighted by Crippen LogP contribution is -2.07. The molecule has 6 rings (SSSR count). The van der Waals surface area contributed by atoms with E-state index in [1.165, 1.54) is 12.1 Å². The van der Waals surface area contributed by atoms with E-state index in [1.807, 2.05) is 47.0 Å². The Morgan fingerprint density at radius 2 is 1.47 bits per heavy atom. The molecule has 0 atom stereocenters. The van der Waals surface area contributed by atoms with Crippen molar-refractivity contribution in [2.45, 2.75) is 6.18 Å². The quantitative estimate of drug-likeness (QED) is 0.270. The zero-order chi connectivity index (χ0) is 24.9. The summed E-state index contributed by atoms with van der Waals surface area (Å²) >= 11 is 0. The van der Waals surface area contributed by atoms with Gasteiger partial charge in [-0.1, -0.05) is 36.4 Å². The Kier molecular flexibility index (Phi) is 5.03. The minimum Gasteiger partial charge on any atom is -0.496 e. The SMILES string of the molecule is COc1cc(-c2ccc(-c3ccccc3C(F)(F)F)c3cncn23)ccc1-c1cccn2cncc12. The van der Waals surface area contributed by atoms with Gasteiger partial charge in [-0.05, 0) is 35.9 Å². The highest BCUT2D eigenvalue weighted by atomic mass is 19.4. The number of methoxy groups -OCH3 is 1. The average molecular weight is 484 g/mol. The zero-order valence-electron chi connectivity index (χ0n) is 19.1. The fraction of sp³-hybridized carbons (Fsp3) is 0.0714. The summed E-state index contributed by atoms with van der Waals surface area (Å²) in [6.07, 6.45) is 4.20. The monoisotopic (exact) mass is 484 g/mol. The number of nitrogens with zero attached hydrogens (tertiary/aromatic N) is 4. The summed E-state index contributed by atoms with van der Waals surface area (Å²) in [6.45, 7) is 0. The van der Waals surface area contributed by atoms with Crippen LogP contribution in [0.2, 0.25) is 0 Å². The van der Waals surface area contributed by atoms with Crippen LogP contribution in [0.1, 0.15) is 5.56 Å². The van der Waals surface area contributed by atoms with E-state index >= 15 is 0 Å². The summed E-state index contributed by atoms with van der Waals surface area (Å²) in [7, 11) is 1.61. The van der Waals surface area contributed by atoms with E-state index in [2.05, 4.69) is 9.97 Å². The molecule has 0 spiro atoms. The summed E-state index contributed by atoms with van der Waals surface area (Å²) in [6, 6.07) is 18.9. The highest BCUT2D eigenvalue weighted by Gasteiger charge is 2.33. The maximum Gasteiger partial charge on any atom is 0.417 e. The molecule has 0 aliphatic heterocycles. The van der Waals surface area contributed by atoms with Crippen molar-refractivity contribution in [3.8, 4) is 39.3 Å². The highest BCUT2D eigenvalue weighted by molar-refractivity contribution is 5.87. The van der Waals surface area contributed by atoms with Gasteiger partial charge in [-0.25, -0.2) is 9.97 Å². The molecule has 2 aromatic carbocycles. The van der Waals surface area contributed by atoms with Crippen molar-refractivity contribution in [2.75, 3.05) is 7.11 Å². The maximum atomic E-state index is 13.7. The van der Waals surface area contributed by atoms with Gasteiger partial charge in [-0.15, -0.1) is 0 Å². The number of benzene rings is 2. The first-order valence-corrected chi connectivity index (χ1v) is 11.2. The second-order valence-electron chi connectivity index (χ2n) is 8.35. The van der Waals surface area contributed by atoms with Crippen molar-refractivity contribution < 1.29 is 17.9 Å². The first-order valence-electron chi connectivity index (χ1n) is 11.2. The van der Waals surface area contributed by atoms with E-state index in [0.717, 1.165) is 34.0 Å². The van der Waals surface area contributed by atoms with Gasteiger partial charge in [0.05, 0.1) is 54.4 Å². The number of alkyl halides is 3. The van der Waals surface area contributed by atoms with Crippen LogP contribution in [-0.4, -0.2) is 25.9 Å². The van der Waals surface area contributed by atoms with E-state index in [-0.39, 0.29) is 5.56 Å². The van der Waals surface area contributed by atoms with E-state index in [0.29, 0.717) is 16.8 Å². The van der Waals surface area contributed by atoms with Crippen molar-refractivity contribution in [2.24, 2.45) is 0 Å². The highest BCUT2D eigenvalue weighted by Crippen LogP contribution is 2.40. The van der Waals surface area contributed by atoms with Crippen LogP contribution in [-0.2, 0) is 6.18 Å². The number of fused-ring (bicyclic) bond motifs is 2. The molecular weight excluding hydrogens is 465 g/mol. The molecule has 0 aliphatic rings. The Hall–Kier alpha value is -4.59. The molecule has 0 unspecified atom stereocenters. The molecule has 6 aromatic rings. The predicted octanol–water partition coefficient (Wildman–Crippen LogP) is 7.01. The molecule has 36 heavy (non-hydrogen) atoms. The molecule has 0 N–H and O–H groups in total. The molecule has 5 nitrogen and oxygen atoms in total. The van der Waals surface area contributed by atoms with Crippen LogP contribution in [0.5, 0.6) is 5.75 Å². The Labute approximate surface area is 204 Å². The van der Waals surface area contributed by atoms with Crippen molar-refractivity contribution in [3.63, 3.8) is 0 Å². The average Bonchev–Trinajstić information content (AvgIpc) is 3.57. The minimum absolute atomic E-state index is 0.115. The van der Waals surface area contributed by atoms with E-state index in [9.17, 15) is 13.2 Å². The number of ether oxygens (including phenoxy) is 1. The van der Waals surface area contributed by atoms with Gasteiger partial charge in [-0.2, -0.15) is 13.2 Å². The molecule has 0 bridgehead atoms. The predicted molar refractivity (Wildman–Crippen MR) is 132 cm³/mol. The largest absolute Gasteiger partial charge is 0.496 e. The number of imidazole rings is 2. The summed E-state index contributed by atoms with van der Waals surface area (Å²) in [5.74, 6) is 0.668. The van der Waals surface area contributed by atoms with Gasteiger partial charge in [-0.3, -0.25) is 4.40 Å². The molecular formula is C28H19F3N4O. The second-order valence-corrected chi connectivity index (χ2v) is 8.35. The third kappa shape index (κ3) is 3.50. The number of rotatable bonds is 4. The van der Waals surface area contributed by atoms with Crippen LogP contribution in [0.4, 0.5) is 13.2 Å². The topological polar surface area (TPSA) is 43.8 Å². The molecule has 8 heteroatoms. The van der Waals surface area contributed by atoms with E-state index < -0.39 is 11.7 Å². The number of pyridine rings is 2. The molecule has 0 aliphatic carbocycles. The summed E-state index contributed by atoms with van der Waals surface area (Å²) in [5.41, 5.74) is 4.93. The lowest BCUT2D eigenvalue weighted by molar-refractivity contribution is -0.137. The number of halogens is 3.